The Morgan fingerprint density at radius 1 is 1.38 bits per heavy atom. The highest BCUT2D eigenvalue weighted by Crippen LogP contribution is 2.41. The van der Waals surface area contributed by atoms with Gasteiger partial charge in [-0.05, 0) is 32.7 Å². The third-order valence-corrected chi connectivity index (χ3v) is 4.12. The number of fused-ring (bicyclic) bond motifs is 2. The number of piperidine rings is 1. The SMILES string of the molecule is CN1C2CCC1CC(c1noc(CN)n1)C2. The van der Waals surface area contributed by atoms with Crippen LogP contribution in [0.4, 0.5) is 0 Å². The summed E-state index contributed by atoms with van der Waals surface area (Å²) in [6.07, 6.45) is 4.96. The minimum atomic E-state index is 0.340. The maximum absolute atomic E-state index is 5.48. The van der Waals surface area contributed by atoms with Gasteiger partial charge in [-0.1, -0.05) is 5.16 Å². The highest BCUT2D eigenvalue weighted by atomic mass is 16.5. The zero-order chi connectivity index (χ0) is 11.1. The summed E-state index contributed by atoms with van der Waals surface area (Å²) in [5.41, 5.74) is 5.48. The molecule has 0 amide bonds. The van der Waals surface area contributed by atoms with Crippen molar-refractivity contribution in [1.29, 1.82) is 0 Å². The first kappa shape index (κ1) is 10.2. The van der Waals surface area contributed by atoms with Crippen molar-refractivity contribution in [3.8, 4) is 0 Å². The molecule has 2 aliphatic rings. The van der Waals surface area contributed by atoms with Crippen LogP contribution < -0.4 is 5.73 Å². The smallest absolute Gasteiger partial charge is 0.240 e. The van der Waals surface area contributed by atoms with Crippen molar-refractivity contribution in [2.24, 2.45) is 5.73 Å². The van der Waals surface area contributed by atoms with Gasteiger partial charge in [0.05, 0.1) is 6.54 Å². The topological polar surface area (TPSA) is 68.2 Å². The first-order chi connectivity index (χ1) is 7.78. The number of nitrogens with zero attached hydrogens (tertiary/aromatic N) is 3. The van der Waals surface area contributed by atoms with Crippen LogP contribution in [0.15, 0.2) is 4.52 Å². The highest BCUT2D eigenvalue weighted by molar-refractivity contribution is 5.05. The van der Waals surface area contributed by atoms with Gasteiger partial charge in [0.2, 0.25) is 5.89 Å². The largest absolute Gasteiger partial charge is 0.338 e. The highest BCUT2D eigenvalue weighted by Gasteiger charge is 2.40. The second kappa shape index (κ2) is 3.82. The fourth-order valence-electron chi connectivity index (χ4n) is 3.14. The molecule has 0 saturated carbocycles. The van der Waals surface area contributed by atoms with Gasteiger partial charge in [-0.2, -0.15) is 4.98 Å². The van der Waals surface area contributed by atoms with Crippen molar-refractivity contribution in [3.05, 3.63) is 11.7 Å². The molecule has 5 nitrogen and oxygen atoms in total. The minimum Gasteiger partial charge on any atom is -0.338 e. The number of nitrogens with two attached hydrogens (primary N) is 1. The molecule has 16 heavy (non-hydrogen) atoms. The Kier molecular flexibility index (Phi) is 2.44. The van der Waals surface area contributed by atoms with Crippen LogP contribution in [0.25, 0.3) is 0 Å². The molecule has 5 heteroatoms. The third kappa shape index (κ3) is 1.55. The van der Waals surface area contributed by atoms with Gasteiger partial charge in [0, 0.05) is 18.0 Å². The molecule has 2 unspecified atom stereocenters. The first-order valence-electron chi connectivity index (χ1n) is 6.02. The van der Waals surface area contributed by atoms with Crippen molar-refractivity contribution in [2.75, 3.05) is 7.05 Å². The summed E-state index contributed by atoms with van der Waals surface area (Å²) in [6.45, 7) is 0.340. The van der Waals surface area contributed by atoms with Crippen LogP contribution in [0.5, 0.6) is 0 Å². The van der Waals surface area contributed by atoms with E-state index in [-0.39, 0.29) is 0 Å². The quantitative estimate of drug-likeness (QED) is 0.804. The van der Waals surface area contributed by atoms with E-state index < -0.39 is 0 Å². The van der Waals surface area contributed by atoms with E-state index in [4.69, 9.17) is 10.3 Å². The maximum Gasteiger partial charge on any atom is 0.240 e. The molecule has 0 aromatic carbocycles. The van der Waals surface area contributed by atoms with Crippen LogP contribution in [0, 0.1) is 0 Å². The van der Waals surface area contributed by atoms with Crippen LogP contribution in [-0.2, 0) is 6.54 Å². The van der Waals surface area contributed by atoms with Crippen molar-refractivity contribution in [3.63, 3.8) is 0 Å². The molecule has 0 aliphatic carbocycles. The van der Waals surface area contributed by atoms with E-state index in [1.54, 1.807) is 0 Å². The summed E-state index contributed by atoms with van der Waals surface area (Å²) in [5.74, 6) is 1.89. The average Bonchev–Trinajstić information content (AvgIpc) is 2.82. The lowest BCUT2D eigenvalue weighted by Gasteiger charge is -2.34. The molecule has 2 saturated heterocycles. The van der Waals surface area contributed by atoms with Crippen molar-refractivity contribution < 1.29 is 4.52 Å². The summed E-state index contributed by atoms with van der Waals surface area (Å²) >= 11 is 0. The third-order valence-electron chi connectivity index (χ3n) is 4.12. The van der Waals surface area contributed by atoms with Gasteiger partial charge in [0.25, 0.3) is 0 Å². The number of hydrogen-bond acceptors (Lipinski definition) is 5. The van der Waals surface area contributed by atoms with Gasteiger partial charge >= 0.3 is 0 Å². The summed E-state index contributed by atoms with van der Waals surface area (Å²) < 4.78 is 5.09. The fourth-order valence-corrected chi connectivity index (χ4v) is 3.14. The lowest BCUT2D eigenvalue weighted by atomic mass is 9.90. The van der Waals surface area contributed by atoms with Crippen molar-refractivity contribution >= 4 is 0 Å². The van der Waals surface area contributed by atoms with Gasteiger partial charge in [-0.15, -0.1) is 0 Å². The van der Waals surface area contributed by atoms with E-state index in [9.17, 15) is 0 Å². The van der Waals surface area contributed by atoms with Crippen LogP contribution in [0.2, 0.25) is 0 Å². The fraction of sp³-hybridized carbons (Fsp3) is 0.818. The Balaban J connectivity index is 1.77. The molecular formula is C11H18N4O. The predicted octanol–water partition coefficient (Wildman–Crippen LogP) is 0.868. The Hall–Kier alpha value is -0.940. The molecule has 1 aromatic rings. The van der Waals surface area contributed by atoms with Crippen LogP contribution in [-0.4, -0.2) is 34.2 Å². The number of rotatable bonds is 2. The van der Waals surface area contributed by atoms with Gasteiger partial charge in [-0.3, -0.25) is 0 Å². The summed E-state index contributed by atoms with van der Waals surface area (Å²) in [7, 11) is 2.24. The summed E-state index contributed by atoms with van der Waals surface area (Å²) in [5, 5.41) is 4.05. The lowest BCUT2D eigenvalue weighted by Crippen LogP contribution is -2.39. The van der Waals surface area contributed by atoms with E-state index in [1.807, 2.05) is 0 Å². The molecule has 3 rings (SSSR count). The van der Waals surface area contributed by atoms with Gasteiger partial charge in [-0.25, -0.2) is 0 Å². The Morgan fingerprint density at radius 3 is 2.62 bits per heavy atom. The zero-order valence-electron chi connectivity index (χ0n) is 9.59. The van der Waals surface area contributed by atoms with E-state index in [0.29, 0.717) is 30.4 Å². The molecular weight excluding hydrogens is 204 g/mol. The van der Waals surface area contributed by atoms with Crippen molar-refractivity contribution in [1.82, 2.24) is 15.0 Å². The van der Waals surface area contributed by atoms with Crippen molar-refractivity contribution in [2.45, 2.75) is 50.2 Å². The Morgan fingerprint density at radius 2 is 2.06 bits per heavy atom. The predicted molar refractivity (Wildman–Crippen MR) is 58.7 cm³/mol. The number of aromatic nitrogens is 2. The molecule has 0 spiro atoms. The normalized spacial score (nSPS) is 34.5. The Bertz CT molecular complexity index is 364. The number of hydrogen-bond donors (Lipinski definition) is 1. The molecule has 88 valence electrons. The second-order valence-corrected chi connectivity index (χ2v) is 4.97. The minimum absolute atomic E-state index is 0.340. The molecule has 1 aromatic heterocycles. The van der Waals surface area contributed by atoms with Crippen LogP contribution in [0.1, 0.15) is 43.3 Å². The molecule has 2 aliphatic heterocycles. The molecule has 2 fully saturated rings. The zero-order valence-corrected chi connectivity index (χ0v) is 9.59. The monoisotopic (exact) mass is 222 g/mol. The van der Waals surface area contributed by atoms with E-state index in [2.05, 4.69) is 22.1 Å². The molecule has 0 radical (unpaired) electrons. The first-order valence-corrected chi connectivity index (χ1v) is 6.02. The lowest BCUT2D eigenvalue weighted by molar-refractivity contribution is 0.157. The standard InChI is InChI=1S/C11H18N4O/c1-15-8-2-3-9(15)5-7(4-8)11-13-10(6-12)16-14-11/h7-9H,2-6,12H2,1H3. The molecule has 3 heterocycles. The second-order valence-electron chi connectivity index (χ2n) is 4.97. The van der Waals surface area contributed by atoms with Crippen LogP contribution >= 0.6 is 0 Å². The maximum atomic E-state index is 5.48. The van der Waals surface area contributed by atoms with E-state index >= 15 is 0 Å². The summed E-state index contributed by atoms with van der Waals surface area (Å²) in [6, 6.07) is 1.42. The van der Waals surface area contributed by atoms with Gasteiger partial charge in [0.15, 0.2) is 5.82 Å². The molecule has 2 N–H and O–H groups in total. The van der Waals surface area contributed by atoms with E-state index in [0.717, 1.165) is 18.7 Å². The van der Waals surface area contributed by atoms with Gasteiger partial charge in [0.1, 0.15) is 0 Å². The Labute approximate surface area is 95.0 Å². The molecule has 2 atom stereocenters. The summed E-state index contributed by atoms with van der Waals surface area (Å²) in [4.78, 5) is 6.87. The van der Waals surface area contributed by atoms with E-state index in [1.165, 1.54) is 12.8 Å². The van der Waals surface area contributed by atoms with Gasteiger partial charge < -0.3 is 15.2 Å². The average molecular weight is 222 g/mol. The van der Waals surface area contributed by atoms with Crippen LogP contribution in [0.3, 0.4) is 0 Å². The molecule has 2 bridgehead atoms.